The summed E-state index contributed by atoms with van der Waals surface area (Å²) in [6, 6.07) is 12.6. The predicted octanol–water partition coefficient (Wildman–Crippen LogP) is 4.63. The molecule has 34 heavy (non-hydrogen) atoms. The third-order valence-corrected chi connectivity index (χ3v) is 6.82. The molecular formula is C23H15FN4O4S2. The van der Waals surface area contributed by atoms with Crippen LogP contribution in [0.25, 0.3) is 26.7 Å². The smallest absolute Gasteiger partial charge is 0.359 e. The fourth-order valence-electron chi connectivity index (χ4n) is 3.40. The highest BCUT2D eigenvalue weighted by molar-refractivity contribution is 7.20. The number of carbonyl (C=O) groups excluding carboxylic acids is 2. The van der Waals surface area contributed by atoms with Crippen LogP contribution in [0.4, 0.5) is 9.39 Å². The molecule has 0 atom stereocenters. The number of rotatable bonds is 5. The number of thiophene rings is 1. The quantitative estimate of drug-likeness (QED) is 0.358. The van der Waals surface area contributed by atoms with E-state index in [1.807, 2.05) is 18.2 Å². The third kappa shape index (κ3) is 3.84. The van der Waals surface area contributed by atoms with Crippen LogP contribution in [0.5, 0.6) is 0 Å². The van der Waals surface area contributed by atoms with E-state index < -0.39 is 23.3 Å². The number of fused-ring (bicyclic) bond motifs is 2. The van der Waals surface area contributed by atoms with E-state index in [2.05, 4.69) is 15.4 Å². The van der Waals surface area contributed by atoms with Gasteiger partial charge in [0.2, 0.25) is 0 Å². The van der Waals surface area contributed by atoms with Crippen molar-refractivity contribution in [1.82, 2.24) is 14.8 Å². The van der Waals surface area contributed by atoms with Gasteiger partial charge in [-0.1, -0.05) is 18.2 Å². The molecule has 1 N–H and O–H groups in total. The van der Waals surface area contributed by atoms with Crippen LogP contribution >= 0.6 is 22.7 Å². The first kappa shape index (κ1) is 21.9. The van der Waals surface area contributed by atoms with Gasteiger partial charge in [0.1, 0.15) is 10.8 Å². The maximum atomic E-state index is 13.8. The summed E-state index contributed by atoms with van der Waals surface area (Å²) in [5.74, 6) is -1.80. The number of ether oxygens (including phenoxy) is 1. The highest BCUT2D eigenvalue weighted by Gasteiger charge is 2.24. The molecule has 0 aliphatic carbocycles. The Balaban J connectivity index is 1.64. The van der Waals surface area contributed by atoms with Crippen LogP contribution in [0, 0.1) is 5.82 Å². The summed E-state index contributed by atoms with van der Waals surface area (Å²) < 4.78 is 20.7. The van der Waals surface area contributed by atoms with Crippen molar-refractivity contribution in [3.05, 3.63) is 80.8 Å². The molecule has 5 rings (SSSR count). The van der Waals surface area contributed by atoms with Crippen LogP contribution in [-0.2, 0) is 4.74 Å². The van der Waals surface area contributed by atoms with E-state index in [0.29, 0.717) is 5.52 Å². The van der Waals surface area contributed by atoms with E-state index in [0.717, 1.165) is 26.8 Å². The number of anilines is 1. The van der Waals surface area contributed by atoms with Crippen LogP contribution in [0.15, 0.2) is 58.7 Å². The Bertz CT molecular complexity index is 1610. The van der Waals surface area contributed by atoms with Crippen LogP contribution in [0.1, 0.15) is 27.2 Å². The second-order valence-corrected chi connectivity index (χ2v) is 8.97. The molecule has 11 heteroatoms. The highest BCUT2D eigenvalue weighted by atomic mass is 32.1. The van der Waals surface area contributed by atoms with Gasteiger partial charge in [-0.05, 0) is 37.3 Å². The number of para-hydroxylation sites is 1. The molecule has 8 nitrogen and oxygen atoms in total. The zero-order valence-corrected chi connectivity index (χ0v) is 19.2. The van der Waals surface area contributed by atoms with Gasteiger partial charge in [-0.3, -0.25) is 9.59 Å². The van der Waals surface area contributed by atoms with Crippen LogP contribution in [0.2, 0.25) is 0 Å². The molecule has 0 saturated heterocycles. The van der Waals surface area contributed by atoms with Gasteiger partial charge >= 0.3 is 5.97 Å². The minimum Gasteiger partial charge on any atom is -0.461 e. The predicted molar refractivity (Wildman–Crippen MR) is 129 cm³/mol. The molecule has 0 aliphatic rings. The molecule has 0 saturated carbocycles. The van der Waals surface area contributed by atoms with Gasteiger partial charge in [0.15, 0.2) is 10.7 Å². The molecular weight excluding hydrogens is 479 g/mol. The number of nitrogens with one attached hydrogen (secondary N) is 1. The lowest BCUT2D eigenvalue weighted by Crippen LogP contribution is -2.25. The SMILES string of the molecule is CCOC(=O)c1nn(-c2cccc(F)c2)c(=O)c2c(NC(=O)c3nc4ccccc4s3)scc12. The summed E-state index contributed by atoms with van der Waals surface area (Å²) in [5.41, 5.74) is 0.0926. The molecule has 0 radical (unpaired) electrons. The van der Waals surface area contributed by atoms with Gasteiger partial charge in [-0.2, -0.15) is 9.78 Å². The second kappa shape index (κ2) is 8.76. The molecule has 0 spiro atoms. The number of hydrogen-bond donors (Lipinski definition) is 1. The number of esters is 1. The first-order chi connectivity index (χ1) is 16.5. The van der Waals surface area contributed by atoms with Crippen molar-refractivity contribution in [3.63, 3.8) is 0 Å². The highest BCUT2D eigenvalue weighted by Crippen LogP contribution is 2.32. The topological polar surface area (TPSA) is 103 Å². The Morgan fingerprint density at radius 1 is 1.18 bits per heavy atom. The first-order valence-corrected chi connectivity index (χ1v) is 11.8. The van der Waals surface area contributed by atoms with E-state index in [1.54, 1.807) is 18.4 Å². The Hall–Kier alpha value is -3.96. The summed E-state index contributed by atoms with van der Waals surface area (Å²) in [7, 11) is 0. The van der Waals surface area contributed by atoms with Crippen molar-refractivity contribution < 1.29 is 18.7 Å². The van der Waals surface area contributed by atoms with E-state index >= 15 is 0 Å². The fourth-order valence-corrected chi connectivity index (χ4v) is 5.19. The Labute approximate surface area is 199 Å². The molecule has 3 aromatic heterocycles. The number of hydrogen-bond acceptors (Lipinski definition) is 8. The van der Waals surface area contributed by atoms with Gasteiger partial charge in [-0.25, -0.2) is 14.2 Å². The van der Waals surface area contributed by atoms with Crippen LogP contribution in [-0.4, -0.2) is 33.2 Å². The number of thiazole rings is 1. The minimum absolute atomic E-state index is 0.0711. The van der Waals surface area contributed by atoms with Crippen molar-refractivity contribution in [2.24, 2.45) is 0 Å². The molecule has 1 amide bonds. The van der Waals surface area contributed by atoms with Crippen LogP contribution < -0.4 is 10.9 Å². The summed E-state index contributed by atoms with van der Waals surface area (Å²) in [6.45, 7) is 1.75. The average Bonchev–Trinajstić information content (AvgIpc) is 3.44. The first-order valence-electron chi connectivity index (χ1n) is 10.1. The zero-order chi connectivity index (χ0) is 23.8. The van der Waals surface area contributed by atoms with Crippen molar-refractivity contribution in [2.45, 2.75) is 6.92 Å². The molecule has 0 fully saturated rings. The summed E-state index contributed by atoms with van der Waals surface area (Å²) >= 11 is 2.30. The lowest BCUT2D eigenvalue weighted by Gasteiger charge is -2.09. The molecule has 5 aromatic rings. The second-order valence-electron chi connectivity index (χ2n) is 7.06. The fraction of sp³-hybridized carbons (Fsp3) is 0.0870. The van der Waals surface area contributed by atoms with E-state index in [4.69, 9.17) is 4.74 Å². The third-order valence-electron chi connectivity index (χ3n) is 4.89. The van der Waals surface area contributed by atoms with Gasteiger partial charge in [0.05, 0.1) is 27.9 Å². The monoisotopic (exact) mass is 494 g/mol. The number of carbonyl (C=O) groups is 2. The number of benzene rings is 2. The summed E-state index contributed by atoms with van der Waals surface area (Å²) in [4.78, 5) is 43.3. The molecule has 0 bridgehead atoms. The van der Waals surface area contributed by atoms with Gasteiger partial charge < -0.3 is 10.1 Å². The molecule has 170 valence electrons. The van der Waals surface area contributed by atoms with E-state index in [1.165, 1.54) is 29.5 Å². The number of aromatic nitrogens is 3. The van der Waals surface area contributed by atoms with Gasteiger partial charge in [0.25, 0.3) is 11.5 Å². The van der Waals surface area contributed by atoms with Crippen LogP contribution in [0.3, 0.4) is 0 Å². The van der Waals surface area contributed by atoms with Crippen molar-refractivity contribution in [3.8, 4) is 5.69 Å². The average molecular weight is 495 g/mol. The van der Waals surface area contributed by atoms with Gasteiger partial charge in [0, 0.05) is 10.8 Å². The van der Waals surface area contributed by atoms with Crippen molar-refractivity contribution >= 4 is 60.5 Å². The Morgan fingerprint density at radius 3 is 2.76 bits per heavy atom. The van der Waals surface area contributed by atoms with Crippen molar-refractivity contribution in [1.29, 1.82) is 0 Å². The molecule has 0 aliphatic heterocycles. The largest absolute Gasteiger partial charge is 0.461 e. The maximum absolute atomic E-state index is 13.8. The maximum Gasteiger partial charge on any atom is 0.359 e. The molecule has 2 aromatic carbocycles. The zero-order valence-electron chi connectivity index (χ0n) is 17.6. The summed E-state index contributed by atoms with van der Waals surface area (Å²) in [6.07, 6.45) is 0. The molecule has 3 heterocycles. The normalized spacial score (nSPS) is 11.1. The lowest BCUT2D eigenvalue weighted by molar-refractivity contribution is 0.0520. The summed E-state index contributed by atoms with van der Waals surface area (Å²) in [5, 5.41) is 9.21. The number of amides is 1. The van der Waals surface area contributed by atoms with Crippen molar-refractivity contribution in [2.75, 3.05) is 11.9 Å². The van der Waals surface area contributed by atoms with E-state index in [9.17, 15) is 18.8 Å². The number of nitrogens with zero attached hydrogens (tertiary/aromatic N) is 3. The lowest BCUT2D eigenvalue weighted by atomic mass is 10.2. The van der Waals surface area contributed by atoms with E-state index in [-0.39, 0.29) is 38.8 Å². The standard InChI is InChI=1S/C23H15FN4O4S2/c1-2-32-23(31)18-14-11-33-20(26-19(29)21-25-15-8-3-4-9-16(15)34-21)17(14)22(30)28(27-18)13-7-5-6-12(24)10-13/h3-11H,2H2,1H3,(H,26,29). The molecule has 0 unspecified atom stereocenters. The minimum atomic E-state index is -0.737. The Kier molecular flexibility index (Phi) is 5.64. The Morgan fingerprint density at radius 2 is 2.00 bits per heavy atom. The number of halogens is 1. The van der Waals surface area contributed by atoms with Gasteiger partial charge in [-0.15, -0.1) is 22.7 Å².